The van der Waals surface area contributed by atoms with E-state index >= 15 is 0 Å². The van der Waals surface area contributed by atoms with E-state index in [0.717, 1.165) is 5.56 Å². The Balaban J connectivity index is 2.90. The zero-order valence-electron chi connectivity index (χ0n) is 8.85. The molecule has 0 spiro atoms. The van der Waals surface area contributed by atoms with Crippen LogP contribution in [0.15, 0.2) is 18.2 Å². The summed E-state index contributed by atoms with van der Waals surface area (Å²) >= 11 is 0. The largest absolute Gasteiger partial charge is 0.398 e. The maximum absolute atomic E-state index is 9.84. The number of benzene rings is 1. The molecule has 2 atom stereocenters. The Kier molecular flexibility index (Phi) is 4.08. The summed E-state index contributed by atoms with van der Waals surface area (Å²) in [5, 5.41) is 19.4. The van der Waals surface area contributed by atoms with Crippen LogP contribution in [0.5, 0.6) is 0 Å². The van der Waals surface area contributed by atoms with E-state index in [1.807, 2.05) is 13.0 Å². The first-order chi connectivity index (χ1) is 7.07. The molecular weight excluding hydrogens is 192 g/mol. The van der Waals surface area contributed by atoms with Gasteiger partial charge in [0.15, 0.2) is 0 Å². The highest BCUT2D eigenvalue weighted by Gasteiger charge is 2.19. The molecule has 0 radical (unpaired) electrons. The summed E-state index contributed by atoms with van der Waals surface area (Å²) in [4.78, 5) is 0. The molecule has 0 bridgehead atoms. The Morgan fingerprint density at radius 3 is 2.60 bits per heavy atom. The molecule has 4 heteroatoms. The van der Waals surface area contributed by atoms with Gasteiger partial charge in [-0.25, -0.2) is 0 Å². The van der Waals surface area contributed by atoms with Gasteiger partial charge in [-0.3, -0.25) is 0 Å². The molecule has 1 aromatic rings. The molecule has 0 aliphatic carbocycles. The lowest BCUT2D eigenvalue weighted by Gasteiger charge is -2.19. The van der Waals surface area contributed by atoms with Crippen molar-refractivity contribution in [3.05, 3.63) is 29.3 Å². The van der Waals surface area contributed by atoms with Crippen LogP contribution in [0.25, 0.3) is 0 Å². The van der Waals surface area contributed by atoms with Crippen molar-refractivity contribution in [3.63, 3.8) is 0 Å². The van der Waals surface area contributed by atoms with E-state index in [-0.39, 0.29) is 0 Å². The van der Waals surface area contributed by atoms with Crippen LogP contribution < -0.4 is 11.5 Å². The molecule has 1 aromatic carbocycles. The van der Waals surface area contributed by atoms with E-state index in [0.29, 0.717) is 24.2 Å². The maximum atomic E-state index is 9.84. The maximum Gasteiger partial charge on any atom is 0.107 e. The van der Waals surface area contributed by atoms with E-state index in [4.69, 9.17) is 11.5 Å². The predicted octanol–water partition coefficient (Wildman–Crippen LogP) is 0.320. The SMILES string of the molecule is Cc1cccc(C(O)C(O)CCN)c1N. The normalized spacial score (nSPS) is 14.9. The number of nitrogen functional groups attached to an aromatic ring is 1. The lowest BCUT2D eigenvalue weighted by atomic mass is 9.98. The van der Waals surface area contributed by atoms with Crippen LogP contribution in [0.2, 0.25) is 0 Å². The van der Waals surface area contributed by atoms with Gasteiger partial charge in [-0.05, 0) is 25.5 Å². The van der Waals surface area contributed by atoms with E-state index in [1.165, 1.54) is 0 Å². The van der Waals surface area contributed by atoms with Crippen LogP contribution in [-0.2, 0) is 0 Å². The fraction of sp³-hybridized carbons (Fsp3) is 0.455. The standard InChI is InChI=1S/C11H18N2O2/c1-7-3-2-4-8(10(7)13)11(15)9(14)5-6-12/h2-4,9,11,14-15H,5-6,12-13H2,1H3. The van der Waals surface area contributed by atoms with Crippen LogP contribution in [0.1, 0.15) is 23.7 Å². The summed E-state index contributed by atoms with van der Waals surface area (Å²) in [6.45, 7) is 2.20. The van der Waals surface area contributed by atoms with E-state index in [2.05, 4.69) is 0 Å². The second kappa shape index (κ2) is 5.11. The number of hydrogen-bond acceptors (Lipinski definition) is 4. The van der Waals surface area contributed by atoms with Crippen molar-refractivity contribution in [2.45, 2.75) is 25.6 Å². The third-order valence-electron chi connectivity index (χ3n) is 2.50. The van der Waals surface area contributed by atoms with Gasteiger partial charge in [0.2, 0.25) is 0 Å². The van der Waals surface area contributed by atoms with Crippen LogP contribution in [0.3, 0.4) is 0 Å². The summed E-state index contributed by atoms with van der Waals surface area (Å²) < 4.78 is 0. The highest BCUT2D eigenvalue weighted by atomic mass is 16.3. The molecule has 4 nitrogen and oxygen atoms in total. The highest BCUT2D eigenvalue weighted by Crippen LogP contribution is 2.26. The molecule has 0 aromatic heterocycles. The van der Waals surface area contributed by atoms with Gasteiger partial charge in [-0.1, -0.05) is 18.2 Å². The first-order valence-corrected chi connectivity index (χ1v) is 4.99. The van der Waals surface area contributed by atoms with Gasteiger partial charge in [0.05, 0.1) is 6.10 Å². The van der Waals surface area contributed by atoms with Gasteiger partial charge in [0, 0.05) is 11.3 Å². The number of rotatable bonds is 4. The van der Waals surface area contributed by atoms with Crippen molar-refractivity contribution in [2.75, 3.05) is 12.3 Å². The van der Waals surface area contributed by atoms with Gasteiger partial charge >= 0.3 is 0 Å². The Bertz CT molecular complexity index is 328. The smallest absolute Gasteiger partial charge is 0.107 e. The second-order valence-corrected chi connectivity index (χ2v) is 3.67. The number of anilines is 1. The third-order valence-corrected chi connectivity index (χ3v) is 2.50. The van der Waals surface area contributed by atoms with Crippen molar-refractivity contribution in [3.8, 4) is 0 Å². The minimum atomic E-state index is -0.964. The number of aryl methyl sites for hydroxylation is 1. The molecular formula is C11H18N2O2. The first kappa shape index (κ1) is 12.0. The molecule has 0 fully saturated rings. The molecule has 0 saturated carbocycles. The minimum Gasteiger partial charge on any atom is -0.398 e. The average molecular weight is 210 g/mol. The Hall–Kier alpha value is -1.10. The monoisotopic (exact) mass is 210 g/mol. The van der Waals surface area contributed by atoms with Gasteiger partial charge in [-0.2, -0.15) is 0 Å². The van der Waals surface area contributed by atoms with E-state index < -0.39 is 12.2 Å². The van der Waals surface area contributed by atoms with Gasteiger partial charge in [0.25, 0.3) is 0 Å². The van der Waals surface area contributed by atoms with Crippen LogP contribution in [0.4, 0.5) is 5.69 Å². The molecule has 84 valence electrons. The quantitative estimate of drug-likeness (QED) is 0.538. The van der Waals surface area contributed by atoms with Crippen LogP contribution >= 0.6 is 0 Å². The zero-order chi connectivity index (χ0) is 11.4. The van der Waals surface area contributed by atoms with Crippen LogP contribution in [0, 0.1) is 6.92 Å². The number of nitrogens with two attached hydrogens (primary N) is 2. The number of hydrogen-bond donors (Lipinski definition) is 4. The molecule has 0 heterocycles. The third kappa shape index (κ3) is 2.68. The molecule has 0 aliphatic heterocycles. The van der Waals surface area contributed by atoms with Gasteiger partial charge < -0.3 is 21.7 Å². The number of aliphatic hydroxyl groups excluding tert-OH is 2. The van der Waals surface area contributed by atoms with Crippen molar-refractivity contribution in [2.24, 2.45) is 5.73 Å². The molecule has 6 N–H and O–H groups in total. The summed E-state index contributed by atoms with van der Waals surface area (Å²) in [6, 6.07) is 5.38. The molecule has 1 rings (SSSR count). The fourth-order valence-electron chi connectivity index (χ4n) is 1.50. The molecule has 0 aliphatic rings. The minimum absolute atomic E-state index is 0.337. The van der Waals surface area contributed by atoms with Gasteiger partial charge in [0.1, 0.15) is 6.10 Å². The summed E-state index contributed by atoms with van der Waals surface area (Å²) in [6.07, 6.45) is -1.47. The van der Waals surface area contributed by atoms with Crippen molar-refractivity contribution in [1.82, 2.24) is 0 Å². The van der Waals surface area contributed by atoms with Gasteiger partial charge in [-0.15, -0.1) is 0 Å². The summed E-state index contributed by atoms with van der Waals surface area (Å²) in [7, 11) is 0. The summed E-state index contributed by atoms with van der Waals surface area (Å²) in [5.41, 5.74) is 13.1. The Morgan fingerprint density at radius 1 is 1.33 bits per heavy atom. The Labute approximate surface area is 89.5 Å². The zero-order valence-corrected chi connectivity index (χ0v) is 8.85. The lowest BCUT2D eigenvalue weighted by molar-refractivity contribution is 0.0154. The average Bonchev–Trinajstić information content (AvgIpc) is 2.21. The van der Waals surface area contributed by atoms with E-state index in [1.54, 1.807) is 12.1 Å². The fourth-order valence-corrected chi connectivity index (χ4v) is 1.50. The predicted molar refractivity (Wildman–Crippen MR) is 60.2 cm³/mol. The van der Waals surface area contributed by atoms with Crippen molar-refractivity contribution in [1.29, 1.82) is 0 Å². The first-order valence-electron chi connectivity index (χ1n) is 4.99. The molecule has 2 unspecified atom stereocenters. The van der Waals surface area contributed by atoms with E-state index in [9.17, 15) is 10.2 Å². The lowest BCUT2D eigenvalue weighted by Crippen LogP contribution is -2.22. The highest BCUT2D eigenvalue weighted by molar-refractivity contribution is 5.54. The van der Waals surface area contributed by atoms with Crippen molar-refractivity contribution >= 4 is 5.69 Å². The molecule has 15 heavy (non-hydrogen) atoms. The number of aliphatic hydroxyl groups is 2. The Morgan fingerprint density at radius 2 is 2.00 bits per heavy atom. The summed E-state index contributed by atoms with van der Waals surface area (Å²) in [5.74, 6) is 0. The van der Waals surface area contributed by atoms with Crippen LogP contribution in [-0.4, -0.2) is 22.9 Å². The van der Waals surface area contributed by atoms with Crippen molar-refractivity contribution < 1.29 is 10.2 Å². The topological polar surface area (TPSA) is 92.5 Å². The molecule has 0 amide bonds. The number of para-hydroxylation sites is 1. The molecule has 0 saturated heterocycles. The second-order valence-electron chi connectivity index (χ2n) is 3.67.